The Hall–Kier alpha value is -1.96. The molecule has 0 bridgehead atoms. The van der Waals surface area contributed by atoms with Gasteiger partial charge in [-0.15, -0.1) is 0 Å². The number of aromatic nitrogens is 2. The zero-order valence-corrected chi connectivity index (χ0v) is 14.8. The minimum Gasteiger partial charge on any atom is -0.379 e. The van der Waals surface area contributed by atoms with Crippen LogP contribution in [0.2, 0.25) is 0 Å². The number of carbonyl (C=O) groups excluding carboxylic acids is 1. The molecule has 0 radical (unpaired) electrons. The highest BCUT2D eigenvalue weighted by Crippen LogP contribution is 2.13. The summed E-state index contributed by atoms with van der Waals surface area (Å²) in [4.78, 5) is 22.1. The zero-order valence-electron chi connectivity index (χ0n) is 14.8. The number of aromatic amines is 1. The number of ether oxygens (including phenoxy) is 2. The Balaban J connectivity index is 1.54. The van der Waals surface area contributed by atoms with Crippen LogP contribution in [-0.2, 0) is 20.7 Å². The molecule has 1 aliphatic rings. The average molecular weight is 346 g/mol. The number of nitrogens with one attached hydrogen (secondary N) is 2. The molecule has 2 heterocycles. The summed E-state index contributed by atoms with van der Waals surface area (Å²) in [6.07, 6.45) is 0.892. The molecule has 0 aliphatic carbocycles. The number of rotatable bonds is 7. The van der Waals surface area contributed by atoms with Gasteiger partial charge in [0.15, 0.2) is 0 Å². The number of hydrogen-bond acceptors (Lipinski definition) is 5. The SMILES string of the molecule is CN(C)CCO[C@@H]1COCC[C@H]1NC(=O)Cc1nc2ccccc2[nH]1. The van der Waals surface area contributed by atoms with Crippen molar-refractivity contribution < 1.29 is 14.3 Å². The van der Waals surface area contributed by atoms with Crippen LogP contribution in [-0.4, -0.2) is 73.4 Å². The van der Waals surface area contributed by atoms with Gasteiger partial charge < -0.3 is 24.7 Å². The number of benzene rings is 1. The van der Waals surface area contributed by atoms with E-state index in [1.807, 2.05) is 38.4 Å². The summed E-state index contributed by atoms with van der Waals surface area (Å²) in [6, 6.07) is 7.75. The molecular weight excluding hydrogens is 320 g/mol. The molecule has 136 valence electrons. The van der Waals surface area contributed by atoms with Crippen LogP contribution in [0.1, 0.15) is 12.2 Å². The van der Waals surface area contributed by atoms with Crippen molar-refractivity contribution in [1.29, 1.82) is 0 Å². The number of nitrogens with zero attached hydrogens (tertiary/aromatic N) is 2. The molecule has 1 amide bonds. The first-order valence-corrected chi connectivity index (χ1v) is 8.69. The van der Waals surface area contributed by atoms with Gasteiger partial charge in [-0.2, -0.15) is 0 Å². The number of H-pyrrole nitrogens is 1. The fourth-order valence-electron chi connectivity index (χ4n) is 2.93. The summed E-state index contributed by atoms with van der Waals surface area (Å²) < 4.78 is 11.4. The Morgan fingerprint density at radius 2 is 2.28 bits per heavy atom. The van der Waals surface area contributed by atoms with Gasteiger partial charge in [0.1, 0.15) is 11.9 Å². The molecule has 1 aromatic carbocycles. The second-order valence-corrected chi connectivity index (χ2v) is 6.63. The molecule has 1 aliphatic heterocycles. The molecule has 0 unspecified atom stereocenters. The first-order valence-electron chi connectivity index (χ1n) is 8.69. The Kier molecular flexibility index (Phi) is 6.01. The summed E-state index contributed by atoms with van der Waals surface area (Å²) in [5.41, 5.74) is 1.82. The molecule has 7 nitrogen and oxygen atoms in total. The van der Waals surface area contributed by atoms with Gasteiger partial charge >= 0.3 is 0 Å². The van der Waals surface area contributed by atoms with Crippen LogP contribution in [0.15, 0.2) is 24.3 Å². The molecule has 2 aromatic rings. The predicted molar refractivity (Wildman–Crippen MR) is 95.5 cm³/mol. The van der Waals surface area contributed by atoms with Crippen LogP contribution in [0.25, 0.3) is 11.0 Å². The van der Waals surface area contributed by atoms with E-state index in [-0.39, 0.29) is 24.5 Å². The van der Waals surface area contributed by atoms with E-state index in [0.29, 0.717) is 25.6 Å². The van der Waals surface area contributed by atoms with Crippen molar-refractivity contribution in [3.63, 3.8) is 0 Å². The topological polar surface area (TPSA) is 79.5 Å². The Labute approximate surface area is 147 Å². The Morgan fingerprint density at radius 3 is 3.08 bits per heavy atom. The summed E-state index contributed by atoms with van der Waals surface area (Å²) in [5.74, 6) is 0.628. The molecule has 1 fully saturated rings. The van der Waals surface area contributed by atoms with Gasteiger partial charge in [0, 0.05) is 13.2 Å². The molecule has 0 saturated carbocycles. The predicted octanol–water partition coefficient (Wildman–Crippen LogP) is 0.957. The average Bonchev–Trinajstić information content (AvgIpc) is 2.98. The lowest BCUT2D eigenvalue weighted by Crippen LogP contribution is -2.50. The van der Waals surface area contributed by atoms with Crippen LogP contribution in [0.4, 0.5) is 0 Å². The van der Waals surface area contributed by atoms with Crippen LogP contribution >= 0.6 is 0 Å². The normalized spacial score (nSPS) is 20.9. The third-order valence-corrected chi connectivity index (χ3v) is 4.29. The van der Waals surface area contributed by atoms with Crippen molar-refractivity contribution in [2.45, 2.75) is 25.0 Å². The third kappa shape index (κ3) is 5.01. The number of para-hydroxylation sites is 2. The van der Waals surface area contributed by atoms with Crippen LogP contribution in [0.5, 0.6) is 0 Å². The fraction of sp³-hybridized carbons (Fsp3) is 0.556. The summed E-state index contributed by atoms with van der Waals surface area (Å²) in [6.45, 7) is 2.62. The van der Waals surface area contributed by atoms with Crippen molar-refractivity contribution >= 4 is 16.9 Å². The molecule has 3 rings (SSSR count). The molecule has 2 atom stereocenters. The van der Waals surface area contributed by atoms with Gasteiger partial charge in [-0.05, 0) is 32.6 Å². The van der Waals surface area contributed by atoms with Crippen molar-refractivity contribution in [3.8, 4) is 0 Å². The first kappa shape index (κ1) is 17.8. The van der Waals surface area contributed by atoms with Crippen LogP contribution < -0.4 is 5.32 Å². The van der Waals surface area contributed by atoms with E-state index in [0.717, 1.165) is 24.0 Å². The molecule has 7 heteroatoms. The van der Waals surface area contributed by atoms with E-state index in [4.69, 9.17) is 9.47 Å². The van der Waals surface area contributed by atoms with E-state index in [9.17, 15) is 4.79 Å². The van der Waals surface area contributed by atoms with Gasteiger partial charge in [0.25, 0.3) is 0 Å². The largest absolute Gasteiger partial charge is 0.379 e. The van der Waals surface area contributed by atoms with Gasteiger partial charge in [-0.3, -0.25) is 4.79 Å². The highest BCUT2D eigenvalue weighted by molar-refractivity contribution is 5.80. The highest BCUT2D eigenvalue weighted by atomic mass is 16.5. The smallest absolute Gasteiger partial charge is 0.227 e. The second kappa shape index (κ2) is 8.42. The molecule has 25 heavy (non-hydrogen) atoms. The lowest BCUT2D eigenvalue weighted by atomic mass is 10.1. The number of likely N-dealkylation sites (N-methyl/N-ethyl adjacent to an activating group) is 1. The summed E-state index contributed by atoms with van der Waals surface area (Å²) in [5, 5.41) is 3.08. The van der Waals surface area contributed by atoms with E-state index < -0.39 is 0 Å². The number of carbonyl (C=O) groups is 1. The number of amides is 1. The van der Waals surface area contributed by atoms with Crippen LogP contribution in [0, 0.1) is 0 Å². The van der Waals surface area contributed by atoms with E-state index in [1.54, 1.807) is 0 Å². The number of hydrogen-bond donors (Lipinski definition) is 2. The Morgan fingerprint density at radius 1 is 1.44 bits per heavy atom. The first-order chi connectivity index (χ1) is 12.1. The van der Waals surface area contributed by atoms with E-state index >= 15 is 0 Å². The minimum absolute atomic E-state index is 0.0206. The molecule has 1 aromatic heterocycles. The van der Waals surface area contributed by atoms with Gasteiger partial charge in [-0.25, -0.2) is 4.98 Å². The maximum absolute atomic E-state index is 12.4. The van der Waals surface area contributed by atoms with Crippen molar-refractivity contribution in [3.05, 3.63) is 30.1 Å². The van der Waals surface area contributed by atoms with Crippen molar-refractivity contribution in [1.82, 2.24) is 20.2 Å². The van der Waals surface area contributed by atoms with E-state index in [1.165, 1.54) is 0 Å². The third-order valence-electron chi connectivity index (χ3n) is 4.29. The highest BCUT2D eigenvalue weighted by Gasteiger charge is 2.28. The number of imidazole rings is 1. The van der Waals surface area contributed by atoms with Gasteiger partial charge in [0.05, 0.1) is 36.7 Å². The number of fused-ring (bicyclic) bond motifs is 1. The maximum Gasteiger partial charge on any atom is 0.227 e. The minimum atomic E-state index is -0.103. The molecular formula is C18H26N4O3. The monoisotopic (exact) mass is 346 g/mol. The van der Waals surface area contributed by atoms with Gasteiger partial charge in [-0.1, -0.05) is 12.1 Å². The fourth-order valence-corrected chi connectivity index (χ4v) is 2.93. The second-order valence-electron chi connectivity index (χ2n) is 6.63. The maximum atomic E-state index is 12.4. The quantitative estimate of drug-likeness (QED) is 0.781. The van der Waals surface area contributed by atoms with Crippen molar-refractivity contribution in [2.75, 3.05) is 40.5 Å². The van der Waals surface area contributed by atoms with Crippen LogP contribution in [0.3, 0.4) is 0 Å². The standard InChI is InChI=1S/C18H26N4O3/c1-22(2)8-10-25-16-12-24-9-7-15(16)21-18(23)11-17-19-13-5-3-4-6-14(13)20-17/h3-6,15-16H,7-12H2,1-2H3,(H,19,20)(H,21,23)/t15-,16-/m1/s1. The zero-order chi connectivity index (χ0) is 17.6. The lowest BCUT2D eigenvalue weighted by Gasteiger charge is -2.32. The summed E-state index contributed by atoms with van der Waals surface area (Å²) >= 11 is 0. The lowest BCUT2D eigenvalue weighted by molar-refractivity contribution is -0.125. The molecule has 0 spiro atoms. The summed E-state index contributed by atoms with van der Waals surface area (Å²) in [7, 11) is 4.01. The molecule has 1 saturated heterocycles. The van der Waals surface area contributed by atoms with Gasteiger partial charge in [0.2, 0.25) is 5.91 Å². The Bertz CT molecular complexity index is 667. The van der Waals surface area contributed by atoms with E-state index in [2.05, 4.69) is 20.2 Å². The van der Waals surface area contributed by atoms with Crippen molar-refractivity contribution in [2.24, 2.45) is 0 Å². The molecule has 2 N–H and O–H groups in total.